The number of para-hydroxylation sites is 1. The van der Waals surface area contributed by atoms with E-state index in [1.54, 1.807) is 17.0 Å². The van der Waals surface area contributed by atoms with E-state index in [1.165, 1.54) is 6.07 Å². The zero-order valence-corrected chi connectivity index (χ0v) is 14.5. The van der Waals surface area contributed by atoms with Crippen LogP contribution in [0.2, 0.25) is 5.02 Å². The van der Waals surface area contributed by atoms with Crippen LogP contribution in [0.15, 0.2) is 48.5 Å². The van der Waals surface area contributed by atoms with Crippen LogP contribution in [-0.4, -0.2) is 31.2 Å². The van der Waals surface area contributed by atoms with Crippen molar-refractivity contribution >= 4 is 28.9 Å². The van der Waals surface area contributed by atoms with E-state index in [9.17, 15) is 9.18 Å². The molecule has 0 bridgehead atoms. The molecule has 0 saturated carbocycles. The SMILES string of the molecule is O=C1N(c2ccc(Cl)cc2F)CN(c2ccccc2)C12CCNCC2. The second-order valence-corrected chi connectivity index (χ2v) is 6.95. The van der Waals surface area contributed by atoms with Crippen LogP contribution in [0.25, 0.3) is 0 Å². The summed E-state index contributed by atoms with van der Waals surface area (Å²) in [5.41, 5.74) is 0.638. The molecule has 2 saturated heterocycles. The van der Waals surface area contributed by atoms with Crippen molar-refractivity contribution in [2.45, 2.75) is 18.4 Å². The van der Waals surface area contributed by atoms with Crippen LogP contribution in [0.1, 0.15) is 12.8 Å². The molecule has 4 rings (SSSR count). The van der Waals surface area contributed by atoms with E-state index < -0.39 is 11.4 Å². The largest absolute Gasteiger partial charge is 0.338 e. The molecule has 2 heterocycles. The molecule has 6 heteroatoms. The van der Waals surface area contributed by atoms with Crippen LogP contribution >= 0.6 is 11.6 Å². The number of benzene rings is 2. The van der Waals surface area contributed by atoms with Crippen LogP contribution < -0.4 is 15.1 Å². The van der Waals surface area contributed by atoms with Crippen LogP contribution in [0.5, 0.6) is 0 Å². The van der Waals surface area contributed by atoms with Crippen molar-refractivity contribution < 1.29 is 9.18 Å². The van der Waals surface area contributed by atoms with Crippen molar-refractivity contribution in [2.75, 3.05) is 29.6 Å². The standard InChI is InChI=1S/C19H19ClFN3O/c20-14-6-7-17(16(21)12-14)23-13-24(15-4-2-1-3-5-15)19(18(23)25)8-10-22-11-9-19/h1-7,12,22H,8-11,13H2. The second kappa shape index (κ2) is 6.32. The summed E-state index contributed by atoms with van der Waals surface area (Å²) >= 11 is 5.86. The predicted octanol–water partition coefficient (Wildman–Crippen LogP) is 3.41. The normalized spacial score (nSPS) is 19.7. The number of carbonyl (C=O) groups excluding carboxylic acids is 1. The molecule has 25 heavy (non-hydrogen) atoms. The molecule has 130 valence electrons. The molecule has 2 aliphatic heterocycles. The van der Waals surface area contributed by atoms with Crippen molar-refractivity contribution in [3.63, 3.8) is 0 Å². The summed E-state index contributed by atoms with van der Waals surface area (Å²) in [7, 11) is 0. The Balaban J connectivity index is 1.78. The maximum atomic E-state index is 14.5. The van der Waals surface area contributed by atoms with E-state index in [1.807, 2.05) is 30.3 Å². The number of piperidine rings is 1. The minimum Gasteiger partial charge on any atom is -0.338 e. The number of rotatable bonds is 2. The third kappa shape index (κ3) is 2.68. The molecule has 4 nitrogen and oxygen atoms in total. The lowest BCUT2D eigenvalue weighted by Crippen LogP contribution is -2.55. The highest BCUT2D eigenvalue weighted by Crippen LogP contribution is 2.40. The summed E-state index contributed by atoms with van der Waals surface area (Å²) in [6, 6.07) is 14.3. The smallest absolute Gasteiger partial charge is 0.254 e. The Labute approximate surface area is 151 Å². The molecule has 0 aliphatic carbocycles. The number of nitrogens with one attached hydrogen (secondary N) is 1. The van der Waals surface area contributed by atoms with Gasteiger partial charge in [-0.25, -0.2) is 4.39 Å². The molecule has 2 aromatic carbocycles. The first-order chi connectivity index (χ1) is 12.1. The van der Waals surface area contributed by atoms with Crippen molar-refractivity contribution in [1.29, 1.82) is 0 Å². The van der Waals surface area contributed by atoms with Gasteiger partial charge >= 0.3 is 0 Å². The Hall–Kier alpha value is -2.11. The molecule has 2 fully saturated rings. The Morgan fingerprint density at radius 1 is 1.08 bits per heavy atom. The first kappa shape index (κ1) is 16.4. The maximum Gasteiger partial charge on any atom is 0.254 e. The molecular formula is C19H19ClFN3O. The summed E-state index contributed by atoms with van der Waals surface area (Å²) in [6.07, 6.45) is 1.40. The van der Waals surface area contributed by atoms with Crippen LogP contribution in [0, 0.1) is 5.82 Å². The summed E-state index contributed by atoms with van der Waals surface area (Å²) in [5, 5.41) is 3.64. The van der Waals surface area contributed by atoms with E-state index in [4.69, 9.17) is 11.6 Å². The molecule has 1 spiro atoms. The maximum absolute atomic E-state index is 14.5. The average Bonchev–Trinajstić information content (AvgIpc) is 2.89. The number of carbonyl (C=O) groups is 1. The van der Waals surface area contributed by atoms with Crippen molar-refractivity contribution in [3.8, 4) is 0 Å². The lowest BCUT2D eigenvalue weighted by atomic mass is 9.86. The van der Waals surface area contributed by atoms with E-state index in [0.29, 0.717) is 24.5 Å². The minimum atomic E-state index is -0.626. The highest BCUT2D eigenvalue weighted by atomic mass is 35.5. The van der Waals surface area contributed by atoms with Gasteiger partial charge in [-0.15, -0.1) is 0 Å². The molecular weight excluding hydrogens is 341 g/mol. The van der Waals surface area contributed by atoms with Gasteiger partial charge in [0.05, 0.1) is 12.4 Å². The minimum absolute atomic E-state index is 0.0425. The fourth-order valence-electron chi connectivity index (χ4n) is 3.85. The van der Waals surface area contributed by atoms with Gasteiger partial charge in [0.15, 0.2) is 0 Å². The first-order valence-corrected chi connectivity index (χ1v) is 8.80. The van der Waals surface area contributed by atoms with Gasteiger partial charge < -0.3 is 10.2 Å². The predicted molar refractivity (Wildman–Crippen MR) is 97.5 cm³/mol. The number of hydrogen-bond acceptors (Lipinski definition) is 3. The van der Waals surface area contributed by atoms with Gasteiger partial charge in [-0.05, 0) is 56.3 Å². The number of halogens is 2. The number of nitrogens with zero attached hydrogens (tertiary/aromatic N) is 2. The van der Waals surface area contributed by atoms with Gasteiger partial charge in [-0.3, -0.25) is 9.69 Å². The highest BCUT2D eigenvalue weighted by molar-refractivity contribution is 6.30. The number of amides is 1. The van der Waals surface area contributed by atoms with E-state index >= 15 is 0 Å². The Kier molecular flexibility index (Phi) is 4.13. The van der Waals surface area contributed by atoms with E-state index in [-0.39, 0.29) is 11.6 Å². The highest BCUT2D eigenvalue weighted by Gasteiger charge is 2.53. The van der Waals surface area contributed by atoms with Crippen molar-refractivity contribution in [1.82, 2.24) is 5.32 Å². The van der Waals surface area contributed by atoms with Crippen LogP contribution in [0.3, 0.4) is 0 Å². The summed E-state index contributed by atoms with van der Waals surface area (Å²) in [5.74, 6) is -0.515. The third-order valence-corrected chi connectivity index (χ3v) is 5.38. The lowest BCUT2D eigenvalue weighted by Gasteiger charge is -2.39. The third-order valence-electron chi connectivity index (χ3n) is 5.14. The van der Waals surface area contributed by atoms with Crippen LogP contribution in [-0.2, 0) is 4.79 Å². The van der Waals surface area contributed by atoms with Gasteiger partial charge in [0, 0.05) is 10.7 Å². The molecule has 0 unspecified atom stereocenters. The van der Waals surface area contributed by atoms with Gasteiger partial charge in [0.25, 0.3) is 5.91 Å². The summed E-state index contributed by atoms with van der Waals surface area (Å²) < 4.78 is 14.5. The van der Waals surface area contributed by atoms with Gasteiger partial charge in [0.2, 0.25) is 0 Å². The molecule has 0 aromatic heterocycles. The molecule has 1 N–H and O–H groups in total. The summed E-state index contributed by atoms with van der Waals surface area (Å²) in [4.78, 5) is 17.0. The van der Waals surface area contributed by atoms with Gasteiger partial charge in [-0.2, -0.15) is 0 Å². The zero-order chi connectivity index (χ0) is 17.4. The first-order valence-electron chi connectivity index (χ1n) is 8.42. The molecule has 1 amide bonds. The van der Waals surface area contributed by atoms with E-state index in [0.717, 1.165) is 18.8 Å². The van der Waals surface area contributed by atoms with Gasteiger partial charge in [-0.1, -0.05) is 29.8 Å². The molecule has 0 atom stereocenters. The second-order valence-electron chi connectivity index (χ2n) is 6.52. The molecule has 2 aromatic rings. The van der Waals surface area contributed by atoms with Crippen LogP contribution in [0.4, 0.5) is 15.8 Å². The topological polar surface area (TPSA) is 35.6 Å². The van der Waals surface area contributed by atoms with Gasteiger partial charge in [0.1, 0.15) is 11.4 Å². The monoisotopic (exact) mass is 359 g/mol. The summed E-state index contributed by atoms with van der Waals surface area (Å²) in [6.45, 7) is 1.87. The number of anilines is 2. The van der Waals surface area contributed by atoms with Crippen molar-refractivity contribution in [3.05, 3.63) is 59.4 Å². The lowest BCUT2D eigenvalue weighted by molar-refractivity contribution is -0.122. The molecule has 2 aliphatic rings. The molecule has 0 radical (unpaired) electrons. The van der Waals surface area contributed by atoms with E-state index in [2.05, 4.69) is 10.2 Å². The quantitative estimate of drug-likeness (QED) is 0.892. The fourth-order valence-corrected chi connectivity index (χ4v) is 4.01. The Morgan fingerprint density at radius 3 is 2.48 bits per heavy atom. The van der Waals surface area contributed by atoms with Crippen molar-refractivity contribution in [2.24, 2.45) is 0 Å². The zero-order valence-electron chi connectivity index (χ0n) is 13.7. The Bertz CT molecular complexity index is 793. The Morgan fingerprint density at radius 2 is 1.80 bits per heavy atom. The average molecular weight is 360 g/mol. The number of hydrogen-bond donors (Lipinski definition) is 1. The fraction of sp³-hybridized carbons (Fsp3) is 0.316.